The molecule has 0 fully saturated rings. The first-order valence-electron chi connectivity index (χ1n) is 9.60. The van der Waals surface area contributed by atoms with Crippen LogP contribution in [0.3, 0.4) is 0 Å². The lowest BCUT2D eigenvalue weighted by atomic mass is 9.97. The summed E-state index contributed by atoms with van der Waals surface area (Å²) in [7, 11) is 3.65. The molecule has 142 valence electrons. The number of benzene rings is 1. The zero-order chi connectivity index (χ0) is 18.9. The minimum Gasteiger partial charge on any atom is -0.355 e. The van der Waals surface area contributed by atoms with Crippen molar-refractivity contribution in [2.45, 2.75) is 51.6 Å². The first-order valence-corrected chi connectivity index (χ1v) is 9.60. The van der Waals surface area contributed by atoms with Crippen LogP contribution in [0.2, 0.25) is 0 Å². The van der Waals surface area contributed by atoms with E-state index in [1.807, 2.05) is 38.2 Å². The smallest absolute Gasteiger partial charge is 0.278 e. The fraction of sp³-hybridized carbons (Fsp3) is 0.524. The van der Waals surface area contributed by atoms with Crippen LogP contribution in [-0.2, 0) is 11.3 Å². The van der Waals surface area contributed by atoms with Gasteiger partial charge in [0.2, 0.25) is 0 Å². The van der Waals surface area contributed by atoms with Crippen molar-refractivity contribution in [1.82, 2.24) is 10.6 Å². The predicted octanol–water partition coefficient (Wildman–Crippen LogP) is 1.46. The summed E-state index contributed by atoms with van der Waals surface area (Å²) < 4.78 is 0. The van der Waals surface area contributed by atoms with E-state index in [1.165, 1.54) is 31.3 Å². The highest BCUT2D eigenvalue weighted by Crippen LogP contribution is 2.19. The third kappa shape index (κ3) is 5.99. The summed E-state index contributed by atoms with van der Waals surface area (Å²) in [4.78, 5) is 25.1. The van der Waals surface area contributed by atoms with Gasteiger partial charge in [0.05, 0.1) is 7.05 Å². The second kappa shape index (κ2) is 10.1. The molecule has 1 aliphatic carbocycles. The monoisotopic (exact) mass is 358 g/mol. The van der Waals surface area contributed by atoms with E-state index in [1.54, 1.807) is 7.05 Å². The molecule has 26 heavy (non-hydrogen) atoms. The lowest BCUT2D eigenvalue weighted by Crippen LogP contribution is -3.12. The fourth-order valence-electron chi connectivity index (χ4n) is 3.25. The Morgan fingerprint density at radius 3 is 2.54 bits per heavy atom. The Balaban J connectivity index is 1.78. The third-order valence-electron chi connectivity index (χ3n) is 5.19. The predicted molar refractivity (Wildman–Crippen MR) is 104 cm³/mol. The quantitative estimate of drug-likeness (QED) is 0.616. The molecule has 0 saturated carbocycles. The number of amides is 2. The molecule has 0 aliphatic heterocycles. The summed E-state index contributed by atoms with van der Waals surface area (Å²) in [5.41, 5.74) is 3.25. The summed E-state index contributed by atoms with van der Waals surface area (Å²) in [6.07, 6.45) is 8.25. The molecular weight excluding hydrogens is 326 g/mol. The Hall–Kier alpha value is -2.14. The number of carbonyl (C=O) groups is 2. The number of hydrogen-bond donors (Lipinski definition) is 3. The second-order valence-electron chi connectivity index (χ2n) is 7.17. The number of quaternary nitrogens is 1. The van der Waals surface area contributed by atoms with Gasteiger partial charge < -0.3 is 15.5 Å². The molecule has 0 radical (unpaired) electrons. The van der Waals surface area contributed by atoms with Crippen LogP contribution in [0.1, 0.15) is 54.9 Å². The van der Waals surface area contributed by atoms with Crippen molar-refractivity contribution in [3.63, 3.8) is 0 Å². The van der Waals surface area contributed by atoms with E-state index in [2.05, 4.69) is 16.7 Å². The molecule has 1 aromatic rings. The van der Waals surface area contributed by atoms with Crippen LogP contribution < -0.4 is 15.5 Å². The van der Waals surface area contributed by atoms with Gasteiger partial charge in [-0.05, 0) is 51.2 Å². The maximum Gasteiger partial charge on any atom is 0.278 e. The molecule has 1 aromatic carbocycles. The molecule has 1 unspecified atom stereocenters. The van der Waals surface area contributed by atoms with Crippen LogP contribution in [0.25, 0.3) is 0 Å². The highest BCUT2D eigenvalue weighted by atomic mass is 16.2. The summed E-state index contributed by atoms with van der Waals surface area (Å²) in [6, 6.07) is 7.44. The van der Waals surface area contributed by atoms with Crippen molar-refractivity contribution in [3.05, 3.63) is 47.0 Å². The number of allylic oxidation sites excluding steroid dienone is 1. The van der Waals surface area contributed by atoms with E-state index in [-0.39, 0.29) is 17.9 Å². The standard InChI is InChI=1S/C21H31N3O2/c1-16(20(25)23-14-13-17-7-5-4-6-8-17)24(3)15-18-9-11-19(12-10-18)21(26)22-2/h7,9-12,16H,4-6,8,13-15H2,1-3H3,(H,22,26)(H,23,25)/p+1/t16-/m0/s1. The average Bonchev–Trinajstić information content (AvgIpc) is 2.68. The molecule has 0 spiro atoms. The molecule has 2 amide bonds. The summed E-state index contributed by atoms with van der Waals surface area (Å²) >= 11 is 0. The highest BCUT2D eigenvalue weighted by Gasteiger charge is 2.21. The molecule has 0 heterocycles. The maximum absolute atomic E-state index is 12.4. The topological polar surface area (TPSA) is 62.6 Å². The van der Waals surface area contributed by atoms with Gasteiger partial charge in [-0.25, -0.2) is 0 Å². The molecule has 2 rings (SSSR count). The maximum atomic E-state index is 12.4. The van der Waals surface area contributed by atoms with Gasteiger partial charge in [-0.15, -0.1) is 0 Å². The van der Waals surface area contributed by atoms with Gasteiger partial charge in [0.15, 0.2) is 6.04 Å². The summed E-state index contributed by atoms with van der Waals surface area (Å²) in [5, 5.41) is 5.69. The van der Waals surface area contributed by atoms with Gasteiger partial charge in [0, 0.05) is 24.7 Å². The Labute approximate surface area is 156 Å². The SMILES string of the molecule is CNC(=O)c1ccc(C[NH+](C)[C@@H](C)C(=O)NCCC2=CCCCC2)cc1. The van der Waals surface area contributed by atoms with E-state index in [4.69, 9.17) is 0 Å². The van der Waals surface area contributed by atoms with Crippen molar-refractivity contribution in [2.75, 3.05) is 20.6 Å². The van der Waals surface area contributed by atoms with Gasteiger partial charge in [-0.3, -0.25) is 9.59 Å². The lowest BCUT2D eigenvalue weighted by molar-refractivity contribution is -0.908. The molecule has 5 nitrogen and oxygen atoms in total. The van der Waals surface area contributed by atoms with Crippen molar-refractivity contribution in [3.8, 4) is 0 Å². The molecule has 2 atom stereocenters. The summed E-state index contributed by atoms with van der Waals surface area (Å²) in [5.74, 6) is 0.0129. The first kappa shape index (κ1) is 20.2. The van der Waals surface area contributed by atoms with Gasteiger partial charge in [-0.2, -0.15) is 0 Å². The van der Waals surface area contributed by atoms with Crippen LogP contribution in [0.5, 0.6) is 0 Å². The van der Waals surface area contributed by atoms with Crippen LogP contribution in [0.15, 0.2) is 35.9 Å². The molecule has 0 saturated heterocycles. The Kier molecular flexibility index (Phi) is 7.85. The highest BCUT2D eigenvalue weighted by molar-refractivity contribution is 5.93. The minimum atomic E-state index is -0.117. The zero-order valence-corrected chi connectivity index (χ0v) is 16.2. The van der Waals surface area contributed by atoms with Crippen molar-refractivity contribution >= 4 is 11.8 Å². The van der Waals surface area contributed by atoms with Gasteiger partial charge >= 0.3 is 0 Å². The third-order valence-corrected chi connectivity index (χ3v) is 5.19. The molecule has 0 aromatic heterocycles. The van der Waals surface area contributed by atoms with Crippen molar-refractivity contribution in [2.24, 2.45) is 0 Å². The second-order valence-corrected chi connectivity index (χ2v) is 7.17. The Morgan fingerprint density at radius 2 is 1.92 bits per heavy atom. The molecule has 5 heteroatoms. The van der Waals surface area contributed by atoms with E-state index in [0.29, 0.717) is 5.56 Å². The van der Waals surface area contributed by atoms with Gasteiger partial charge in [-0.1, -0.05) is 23.8 Å². The number of carbonyl (C=O) groups excluding carboxylic acids is 2. The van der Waals surface area contributed by atoms with Crippen molar-refractivity contribution < 1.29 is 14.5 Å². The Bertz CT molecular complexity index is 637. The van der Waals surface area contributed by atoms with Crippen LogP contribution >= 0.6 is 0 Å². The van der Waals surface area contributed by atoms with Crippen LogP contribution in [0.4, 0.5) is 0 Å². The van der Waals surface area contributed by atoms with Gasteiger partial charge in [0.1, 0.15) is 6.54 Å². The van der Waals surface area contributed by atoms with E-state index in [9.17, 15) is 9.59 Å². The van der Waals surface area contributed by atoms with E-state index in [0.717, 1.165) is 30.0 Å². The molecule has 3 N–H and O–H groups in total. The number of nitrogens with one attached hydrogen (secondary N) is 3. The molecule has 1 aliphatic rings. The number of likely N-dealkylation sites (N-methyl/N-ethyl adjacent to an activating group) is 1. The fourth-order valence-corrected chi connectivity index (χ4v) is 3.25. The normalized spacial score (nSPS) is 16.3. The summed E-state index contributed by atoms with van der Waals surface area (Å²) in [6.45, 7) is 3.43. The molecular formula is C21H32N3O2+. The van der Waals surface area contributed by atoms with Crippen LogP contribution in [-0.4, -0.2) is 38.5 Å². The average molecular weight is 359 g/mol. The number of rotatable bonds is 8. The number of hydrogen-bond acceptors (Lipinski definition) is 2. The van der Waals surface area contributed by atoms with Crippen molar-refractivity contribution in [1.29, 1.82) is 0 Å². The first-order chi connectivity index (χ1) is 12.5. The Morgan fingerprint density at radius 1 is 1.19 bits per heavy atom. The van der Waals surface area contributed by atoms with E-state index >= 15 is 0 Å². The molecule has 0 bridgehead atoms. The van der Waals surface area contributed by atoms with Crippen LogP contribution in [0, 0.1) is 0 Å². The lowest BCUT2D eigenvalue weighted by Gasteiger charge is -2.21. The minimum absolute atomic E-state index is 0.0851. The van der Waals surface area contributed by atoms with Gasteiger partial charge in [0.25, 0.3) is 11.8 Å². The largest absolute Gasteiger partial charge is 0.355 e. The van der Waals surface area contributed by atoms with E-state index < -0.39 is 0 Å². The zero-order valence-electron chi connectivity index (χ0n) is 16.2.